The average Bonchev–Trinajstić information content (AvgIpc) is 3.16. The third-order valence-corrected chi connectivity index (χ3v) is 6.48. The number of para-hydroxylation sites is 1. The SMILES string of the molecule is CCc1cccc2sc(N(Cc3ccccn3)C(=O)c3ccccc3I)nc12. The van der Waals surface area contributed by atoms with Gasteiger partial charge in [-0.25, -0.2) is 4.98 Å². The number of hydrogen-bond donors (Lipinski definition) is 0. The highest BCUT2D eigenvalue weighted by atomic mass is 127. The molecule has 2 heterocycles. The van der Waals surface area contributed by atoms with Crippen molar-refractivity contribution in [2.45, 2.75) is 19.9 Å². The fraction of sp³-hybridized carbons (Fsp3) is 0.136. The number of halogens is 1. The molecular formula is C22H18IN3OS. The van der Waals surface area contributed by atoms with Gasteiger partial charge in [-0.05, 0) is 64.9 Å². The Labute approximate surface area is 181 Å². The summed E-state index contributed by atoms with van der Waals surface area (Å²) >= 11 is 3.75. The molecule has 2 aromatic carbocycles. The molecule has 1 amide bonds. The number of nitrogens with zero attached hydrogens (tertiary/aromatic N) is 3. The summed E-state index contributed by atoms with van der Waals surface area (Å²) in [5.74, 6) is -0.0623. The number of benzene rings is 2. The van der Waals surface area contributed by atoms with Crippen molar-refractivity contribution in [2.24, 2.45) is 0 Å². The highest BCUT2D eigenvalue weighted by molar-refractivity contribution is 14.1. The minimum absolute atomic E-state index is 0.0623. The van der Waals surface area contributed by atoms with Gasteiger partial charge in [-0.2, -0.15) is 0 Å². The van der Waals surface area contributed by atoms with E-state index in [-0.39, 0.29) is 5.91 Å². The Bertz CT molecular complexity index is 1130. The number of carbonyl (C=O) groups excluding carboxylic acids is 1. The van der Waals surface area contributed by atoms with Gasteiger partial charge in [-0.1, -0.05) is 48.6 Å². The molecular weight excluding hydrogens is 481 g/mol. The molecule has 0 saturated carbocycles. The predicted molar refractivity (Wildman–Crippen MR) is 123 cm³/mol. The monoisotopic (exact) mass is 499 g/mol. The van der Waals surface area contributed by atoms with Crippen LogP contribution >= 0.6 is 33.9 Å². The van der Waals surface area contributed by atoms with Crippen molar-refractivity contribution >= 4 is 55.2 Å². The molecule has 140 valence electrons. The number of amides is 1. The zero-order valence-electron chi connectivity index (χ0n) is 15.3. The zero-order chi connectivity index (χ0) is 19.5. The van der Waals surface area contributed by atoms with Gasteiger partial charge < -0.3 is 0 Å². The van der Waals surface area contributed by atoms with Gasteiger partial charge in [-0.15, -0.1) is 0 Å². The van der Waals surface area contributed by atoms with Gasteiger partial charge in [0, 0.05) is 9.77 Å². The van der Waals surface area contributed by atoms with Crippen LogP contribution in [0.25, 0.3) is 10.2 Å². The molecule has 6 heteroatoms. The van der Waals surface area contributed by atoms with E-state index in [0.29, 0.717) is 17.2 Å². The summed E-state index contributed by atoms with van der Waals surface area (Å²) in [6, 6.07) is 19.6. The molecule has 0 aliphatic carbocycles. The van der Waals surface area contributed by atoms with E-state index in [1.807, 2.05) is 48.5 Å². The number of carbonyl (C=O) groups is 1. The number of aryl methyl sites for hydroxylation is 1. The first kappa shape index (κ1) is 19.0. The van der Waals surface area contributed by atoms with Gasteiger partial charge in [0.1, 0.15) is 0 Å². The molecule has 0 saturated heterocycles. The Hall–Kier alpha value is -2.32. The number of rotatable bonds is 5. The molecule has 0 fully saturated rings. The van der Waals surface area contributed by atoms with Crippen molar-refractivity contribution in [2.75, 3.05) is 4.90 Å². The molecule has 4 nitrogen and oxygen atoms in total. The average molecular weight is 499 g/mol. The summed E-state index contributed by atoms with van der Waals surface area (Å²) in [7, 11) is 0. The van der Waals surface area contributed by atoms with E-state index in [1.54, 1.807) is 22.4 Å². The molecule has 0 bridgehead atoms. The standard InChI is InChI=1S/C22H18IN3OS/c1-2-15-8-7-12-19-20(15)25-22(28-19)26(14-16-9-5-6-13-24-16)21(27)17-10-3-4-11-18(17)23/h3-13H,2,14H2,1H3. The maximum atomic E-state index is 13.5. The van der Waals surface area contributed by atoms with Crippen molar-refractivity contribution in [1.29, 1.82) is 0 Å². The highest BCUT2D eigenvalue weighted by Gasteiger charge is 2.24. The Morgan fingerprint density at radius 3 is 2.64 bits per heavy atom. The number of thiazole rings is 1. The summed E-state index contributed by atoms with van der Waals surface area (Å²) in [4.78, 5) is 24.5. The first-order chi connectivity index (χ1) is 13.7. The number of pyridine rings is 1. The fourth-order valence-electron chi connectivity index (χ4n) is 3.05. The lowest BCUT2D eigenvalue weighted by atomic mass is 10.1. The molecule has 4 aromatic rings. The van der Waals surface area contributed by atoms with Crippen LogP contribution in [0.1, 0.15) is 28.5 Å². The summed E-state index contributed by atoms with van der Waals surface area (Å²) in [6.45, 7) is 2.50. The topological polar surface area (TPSA) is 46.1 Å². The summed E-state index contributed by atoms with van der Waals surface area (Å²) in [5.41, 5.74) is 3.68. The molecule has 0 N–H and O–H groups in total. The fourth-order valence-corrected chi connectivity index (χ4v) is 4.68. The Balaban J connectivity index is 1.81. The Morgan fingerprint density at radius 1 is 1.07 bits per heavy atom. The van der Waals surface area contributed by atoms with Gasteiger partial charge in [0.05, 0.1) is 28.0 Å². The summed E-state index contributed by atoms with van der Waals surface area (Å²) in [5, 5.41) is 0.700. The van der Waals surface area contributed by atoms with E-state index in [4.69, 9.17) is 4.98 Å². The maximum absolute atomic E-state index is 13.5. The first-order valence-corrected chi connectivity index (χ1v) is 10.9. The van der Waals surface area contributed by atoms with E-state index in [9.17, 15) is 4.79 Å². The van der Waals surface area contributed by atoms with E-state index >= 15 is 0 Å². The van der Waals surface area contributed by atoms with Crippen LogP contribution in [-0.2, 0) is 13.0 Å². The summed E-state index contributed by atoms with van der Waals surface area (Å²) in [6.07, 6.45) is 2.66. The van der Waals surface area contributed by atoms with Crippen LogP contribution in [0, 0.1) is 3.57 Å². The molecule has 4 rings (SSSR count). The van der Waals surface area contributed by atoms with Gasteiger partial charge in [-0.3, -0.25) is 14.7 Å². The van der Waals surface area contributed by atoms with Crippen molar-refractivity contribution in [3.63, 3.8) is 0 Å². The van der Waals surface area contributed by atoms with Gasteiger partial charge in [0.2, 0.25) is 0 Å². The second-order valence-corrected chi connectivity index (χ2v) is 8.48. The molecule has 28 heavy (non-hydrogen) atoms. The van der Waals surface area contributed by atoms with E-state index in [1.165, 1.54) is 5.56 Å². The molecule has 2 aromatic heterocycles. The molecule has 0 spiro atoms. The smallest absolute Gasteiger partial charge is 0.261 e. The van der Waals surface area contributed by atoms with Gasteiger partial charge in [0.25, 0.3) is 5.91 Å². The van der Waals surface area contributed by atoms with E-state index < -0.39 is 0 Å². The summed E-state index contributed by atoms with van der Waals surface area (Å²) < 4.78 is 2.02. The van der Waals surface area contributed by atoms with Crippen LogP contribution in [0.5, 0.6) is 0 Å². The van der Waals surface area contributed by atoms with Gasteiger partial charge >= 0.3 is 0 Å². The van der Waals surface area contributed by atoms with Crippen LogP contribution in [0.4, 0.5) is 5.13 Å². The number of aromatic nitrogens is 2. The van der Waals surface area contributed by atoms with Crippen molar-refractivity contribution < 1.29 is 4.79 Å². The highest BCUT2D eigenvalue weighted by Crippen LogP contribution is 2.33. The van der Waals surface area contributed by atoms with Crippen LogP contribution in [-0.4, -0.2) is 15.9 Å². The second-order valence-electron chi connectivity index (χ2n) is 6.31. The minimum Gasteiger partial charge on any atom is -0.278 e. The van der Waals surface area contributed by atoms with Crippen molar-refractivity contribution in [3.8, 4) is 0 Å². The van der Waals surface area contributed by atoms with Crippen LogP contribution < -0.4 is 4.90 Å². The predicted octanol–water partition coefficient (Wildman–Crippen LogP) is 5.71. The second kappa shape index (κ2) is 8.36. The first-order valence-electron chi connectivity index (χ1n) is 9.02. The third kappa shape index (κ3) is 3.79. The number of anilines is 1. The molecule has 0 unspecified atom stereocenters. The lowest BCUT2D eigenvalue weighted by Crippen LogP contribution is -2.31. The molecule has 0 aliphatic heterocycles. The Kier molecular flexibility index (Phi) is 5.68. The maximum Gasteiger partial charge on any atom is 0.261 e. The van der Waals surface area contributed by atoms with Crippen LogP contribution in [0.15, 0.2) is 66.9 Å². The largest absolute Gasteiger partial charge is 0.278 e. The quantitative estimate of drug-likeness (QED) is 0.331. The number of hydrogen-bond acceptors (Lipinski definition) is 4. The minimum atomic E-state index is -0.0623. The van der Waals surface area contributed by atoms with Crippen LogP contribution in [0.2, 0.25) is 0 Å². The lowest BCUT2D eigenvalue weighted by molar-refractivity contribution is 0.0984. The van der Waals surface area contributed by atoms with Crippen molar-refractivity contribution in [3.05, 3.63) is 87.3 Å². The Morgan fingerprint density at radius 2 is 1.89 bits per heavy atom. The molecule has 0 aliphatic rings. The normalized spacial score (nSPS) is 10.9. The lowest BCUT2D eigenvalue weighted by Gasteiger charge is -2.20. The number of fused-ring (bicyclic) bond motifs is 1. The van der Waals surface area contributed by atoms with E-state index in [0.717, 1.165) is 25.9 Å². The molecule has 0 radical (unpaired) electrons. The van der Waals surface area contributed by atoms with Crippen LogP contribution in [0.3, 0.4) is 0 Å². The van der Waals surface area contributed by atoms with Gasteiger partial charge in [0.15, 0.2) is 5.13 Å². The third-order valence-electron chi connectivity index (χ3n) is 4.50. The molecule has 0 atom stereocenters. The zero-order valence-corrected chi connectivity index (χ0v) is 18.3. The van der Waals surface area contributed by atoms with E-state index in [2.05, 4.69) is 46.6 Å². The van der Waals surface area contributed by atoms with Crippen molar-refractivity contribution in [1.82, 2.24) is 9.97 Å².